The number of aromatic nitrogens is 3. The summed E-state index contributed by atoms with van der Waals surface area (Å²) in [6.45, 7) is 3.47. The summed E-state index contributed by atoms with van der Waals surface area (Å²) in [7, 11) is 0. The highest BCUT2D eigenvalue weighted by Gasteiger charge is 2.31. The highest BCUT2D eigenvalue weighted by Crippen LogP contribution is 2.39. The number of fused-ring (bicyclic) bond motifs is 3. The third kappa shape index (κ3) is 2.61. The second-order valence-corrected chi connectivity index (χ2v) is 6.89. The molecule has 4 rings (SSSR count). The molecule has 0 unspecified atom stereocenters. The first kappa shape index (κ1) is 17.9. The van der Waals surface area contributed by atoms with E-state index in [-0.39, 0.29) is 21.3 Å². The third-order valence-electron chi connectivity index (χ3n) is 4.40. The van der Waals surface area contributed by atoms with E-state index in [0.29, 0.717) is 17.3 Å². The lowest BCUT2D eigenvalue weighted by Gasteiger charge is -2.16. The van der Waals surface area contributed by atoms with Gasteiger partial charge in [0.05, 0.1) is 27.0 Å². The van der Waals surface area contributed by atoms with Gasteiger partial charge in [-0.2, -0.15) is 0 Å². The fourth-order valence-corrected chi connectivity index (χ4v) is 3.57. The molecule has 1 atom stereocenters. The van der Waals surface area contributed by atoms with E-state index in [1.807, 2.05) is 0 Å². The molecule has 3 aromatic rings. The van der Waals surface area contributed by atoms with Crippen molar-refractivity contribution in [3.05, 3.63) is 68.7 Å². The van der Waals surface area contributed by atoms with Crippen LogP contribution >= 0.6 is 23.2 Å². The van der Waals surface area contributed by atoms with Crippen LogP contribution in [0.1, 0.15) is 35.7 Å². The van der Waals surface area contributed by atoms with E-state index < -0.39 is 29.0 Å². The number of phenolic OH excluding ortho intramolecular Hbond substituents is 1. The van der Waals surface area contributed by atoms with E-state index in [4.69, 9.17) is 23.2 Å². The second-order valence-electron chi connectivity index (χ2n) is 6.11. The highest BCUT2D eigenvalue weighted by atomic mass is 35.5. The molecule has 1 aliphatic heterocycles. The van der Waals surface area contributed by atoms with Crippen LogP contribution in [0.2, 0.25) is 10.0 Å². The van der Waals surface area contributed by atoms with Crippen LogP contribution in [0.25, 0.3) is 5.69 Å². The van der Waals surface area contributed by atoms with Crippen LogP contribution < -0.4 is 0 Å². The van der Waals surface area contributed by atoms with Crippen molar-refractivity contribution in [1.82, 2.24) is 14.8 Å². The summed E-state index contributed by atoms with van der Waals surface area (Å²) < 4.78 is 31.0. The van der Waals surface area contributed by atoms with Crippen LogP contribution in [-0.4, -0.2) is 25.6 Å². The number of aliphatic imine (C=N–C) groups is 1. The van der Waals surface area contributed by atoms with Crippen molar-refractivity contribution in [2.45, 2.75) is 19.9 Å². The molecule has 1 aliphatic rings. The quantitative estimate of drug-likeness (QED) is 0.630. The van der Waals surface area contributed by atoms with Crippen molar-refractivity contribution in [1.29, 1.82) is 0 Å². The van der Waals surface area contributed by atoms with Crippen LogP contribution in [0.5, 0.6) is 5.75 Å². The van der Waals surface area contributed by atoms with Crippen molar-refractivity contribution < 1.29 is 13.9 Å². The SMILES string of the molecule is Cc1nnc2n1-c1ccc(Cl)c(Cl)c1C(c1c(F)ccc(O)c1F)=N[C@H]2C. The van der Waals surface area contributed by atoms with Crippen LogP contribution in [0.3, 0.4) is 0 Å². The number of nitrogens with zero attached hydrogens (tertiary/aromatic N) is 4. The monoisotopic (exact) mass is 408 g/mol. The van der Waals surface area contributed by atoms with E-state index in [0.717, 1.165) is 12.1 Å². The number of hydrogen-bond acceptors (Lipinski definition) is 4. The summed E-state index contributed by atoms with van der Waals surface area (Å²) in [5, 5.41) is 18.2. The van der Waals surface area contributed by atoms with Crippen molar-refractivity contribution in [3.63, 3.8) is 0 Å². The standard InChI is InChI=1S/C18H12Cl2F2N4O/c1-7-18-25-24-8(2)26(18)11-5-3-9(19)15(20)14(11)17(23-7)13-10(21)4-6-12(27)16(13)22/h3-7,27H,1-2H3/t7-/m0/s1. The second kappa shape index (κ2) is 6.28. The number of rotatable bonds is 1. The molecule has 5 nitrogen and oxygen atoms in total. The maximum absolute atomic E-state index is 14.7. The molecule has 2 aromatic carbocycles. The lowest BCUT2D eigenvalue weighted by Crippen LogP contribution is -2.13. The van der Waals surface area contributed by atoms with Gasteiger partial charge in [-0.05, 0) is 38.1 Å². The van der Waals surface area contributed by atoms with Gasteiger partial charge in [0.1, 0.15) is 17.7 Å². The molecule has 0 radical (unpaired) electrons. The normalized spacial score (nSPS) is 15.8. The van der Waals surface area contributed by atoms with Gasteiger partial charge in [0.15, 0.2) is 17.4 Å². The zero-order chi connectivity index (χ0) is 19.5. The first-order chi connectivity index (χ1) is 12.8. The smallest absolute Gasteiger partial charge is 0.177 e. The van der Waals surface area contributed by atoms with Crippen molar-refractivity contribution in [2.24, 2.45) is 4.99 Å². The molecule has 1 aromatic heterocycles. The Morgan fingerprint density at radius 1 is 1.07 bits per heavy atom. The Balaban J connectivity index is 2.15. The molecular weight excluding hydrogens is 397 g/mol. The van der Waals surface area contributed by atoms with Crippen molar-refractivity contribution >= 4 is 28.9 Å². The minimum Gasteiger partial charge on any atom is -0.505 e. The van der Waals surface area contributed by atoms with Gasteiger partial charge >= 0.3 is 0 Å². The first-order valence-electron chi connectivity index (χ1n) is 7.97. The van der Waals surface area contributed by atoms with Gasteiger partial charge in [-0.3, -0.25) is 9.56 Å². The van der Waals surface area contributed by atoms with Crippen LogP contribution in [0, 0.1) is 18.6 Å². The molecule has 138 valence electrons. The summed E-state index contributed by atoms with van der Waals surface area (Å²) in [5.41, 5.74) is 0.192. The molecule has 1 N–H and O–H groups in total. The Hall–Kier alpha value is -2.51. The molecular formula is C18H12Cl2F2N4O. The zero-order valence-electron chi connectivity index (χ0n) is 14.1. The van der Waals surface area contributed by atoms with Gasteiger partial charge in [0, 0.05) is 5.56 Å². The molecule has 0 aliphatic carbocycles. The molecule has 9 heteroatoms. The summed E-state index contributed by atoms with van der Waals surface area (Å²) in [5.74, 6) is -1.65. The summed E-state index contributed by atoms with van der Waals surface area (Å²) in [4.78, 5) is 4.47. The predicted molar refractivity (Wildman–Crippen MR) is 98.2 cm³/mol. The van der Waals surface area contributed by atoms with Gasteiger partial charge in [-0.15, -0.1) is 10.2 Å². The van der Waals surface area contributed by atoms with Gasteiger partial charge in [-0.25, -0.2) is 8.78 Å². The number of benzene rings is 2. The van der Waals surface area contributed by atoms with Gasteiger partial charge < -0.3 is 5.11 Å². The van der Waals surface area contributed by atoms with Crippen LogP contribution in [0.4, 0.5) is 8.78 Å². The Bertz CT molecular complexity index is 1130. The van der Waals surface area contributed by atoms with E-state index in [1.165, 1.54) is 0 Å². The van der Waals surface area contributed by atoms with Crippen molar-refractivity contribution in [3.8, 4) is 11.4 Å². The number of phenols is 1. The molecule has 0 saturated carbocycles. The van der Waals surface area contributed by atoms with Crippen LogP contribution in [0.15, 0.2) is 29.3 Å². The number of aromatic hydroxyl groups is 1. The van der Waals surface area contributed by atoms with E-state index >= 15 is 0 Å². The zero-order valence-corrected chi connectivity index (χ0v) is 15.6. The molecule has 0 spiro atoms. The van der Waals surface area contributed by atoms with Gasteiger partial charge in [0.2, 0.25) is 0 Å². The Morgan fingerprint density at radius 3 is 2.56 bits per heavy atom. The molecule has 0 saturated heterocycles. The lowest BCUT2D eigenvalue weighted by atomic mass is 9.98. The summed E-state index contributed by atoms with van der Waals surface area (Å²) in [6.07, 6.45) is 0. The average Bonchev–Trinajstić information content (AvgIpc) is 2.95. The minimum absolute atomic E-state index is 0.0548. The Kier molecular flexibility index (Phi) is 4.16. The third-order valence-corrected chi connectivity index (χ3v) is 5.21. The van der Waals surface area contributed by atoms with Crippen LogP contribution in [-0.2, 0) is 0 Å². The summed E-state index contributed by atoms with van der Waals surface area (Å²) in [6, 6.07) is 4.57. The molecule has 0 amide bonds. The highest BCUT2D eigenvalue weighted by molar-refractivity contribution is 6.45. The largest absolute Gasteiger partial charge is 0.505 e. The number of aryl methyl sites for hydroxylation is 1. The minimum atomic E-state index is -1.13. The van der Waals surface area contributed by atoms with E-state index in [2.05, 4.69) is 15.2 Å². The summed E-state index contributed by atoms with van der Waals surface area (Å²) >= 11 is 12.6. The van der Waals surface area contributed by atoms with Crippen molar-refractivity contribution in [2.75, 3.05) is 0 Å². The molecule has 0 bridgehead atoms. The maximum Gasteiger partial charge on any atom is 0.177 e. The van der Waals surface area contributed by atoms with Gasteiger partial charge in [-0.1, -0.05) is 23.2 Å². The first-order valence-corrected chi connectivity index (χ1v) is 8.72. The van der Waals surface area contributed by atoms with E-state index in [1.54, 1.807) is 30.5 Å². The fraction of sp³-hybridized carbons (Fsp3) is 0.167. The topological polar surface area (TPSA) is 63.3 Å². The predicted octanol–water partition coefficient (Wildman–Crippen LogP) is 4.78. The molecule has 0 fully saturated rings. The molecule has 2 heterocycles. The Morgan fingerprint density at radius 2 is 1.81 bits per heavy atom. The molecule has 27 heavy (non-hydrogen) atoms. The Labute approximate surface area is 162 Å². The maximum atomic E-state index is 14.7. The number of halogens is 4. The van der Waals surface area contributed by atoms with Gasteiger partial charge in [0.25, 0.3) is 0 Å². The van der Waals surface area contributed by atoms with E-state index in [9.17, 15) is 13.9 Å². The lowest BCUT2D eigenvalue weighted by molar-refractivity contribution is 0.427. The average molecular weight is 409 g/mol. The fourth-order valence-electron chi connectivity index (χ4n) is 3.16. The number of hydrogen-bond donors (Lipinski definition) is 1.